The highest BCUT2D eigenvalue weighted by Crippen LogP contribution is 2.33. The first kappa shape index (κ1) is 17.8. The second kappa shape index (κ2) is 7.29. The highest BCUT2D eigenvalue weighted by atomic mass is 35.5. The minimum absolute atomic E-state index is 0.0387. The number of rotatable bonds is 5. The van der Waals surface area contributed by atoms with Crippen LogP contribution in [0.5, 0.6) is 0 Å². The van der Waals surface area contributed by atoms with Gasteiger partial charge in [0, 0.05) is 42.2 Å². The zero-order valence-electron chi connectivity index (χ0n) is 15.3. The lowest BCUT2D eigenvalue weighted by Gasteiger charge is -2.33. The molecule has 1 aliphatic carbocycles. The maximum Gasteiger partial charge on any atom is 0.172 e. The Kier molecular flexibility index (Phi) is 4.64. The van der Waals surface area contributed by atoms with Gasteiger partial charge >= 0.3 is 0 Å². The van der Waals surface area contributed by atoms with E-state index in [9.17, 15) is 4.79 Å². The van der Waals surface area contributed by atoms with Crippen LogP contribution in [0.1, 0.15) is 36.0 Å². The SMILES string of the molecule is O=C(c1csc(Cl)c1)C1CCN(c2nc3cnccc3nc2NC2CC2)CC1. The molecule has 0 spiro atoms. The van der Waals surface area contributed by atoms with Crippen LogP contribution in [-0.4, -0.2) is 39.9 Å². The number of hydrogen-bond donors (Lipinski definition) is 1. The molecule has 0 aromatic carbocycles. The molecule has 2 aliphatic rings. The van der Waals surface area contributed by atoms with Crippen molar-refractivity contribution < 1.29 is 4.79 Å². The van der Waals surface area contributed by atoms with Crippen LogP contribution < -0.4 is 10.2 Å². The van der Waals surface area contributed by atoms with Crippen molar-refractivity contribution in [1.29, 1.82) is 0 Å². The number of carbonyl (C=O) groups excluding carboxylic acids is 1. The van der Waals surface area contributed by atoms with Crippen molar-refractivity contribution in [3.8, 4) is 0 Å². The summed E-state index contributed by atoms with van der Waals surface area (Å²) in [6, 6.07) is 4.16. The molecule has 144 valence electrons. The summed E-state index contributed by atoms with van der Waals surface area (Å²) in [5, 5.41) is 5.38. The number of nitrogens with zero attached hydrogens (tertiary/aromatic N) is 4. The number of halogens is 1. The maximum absolute atomic E-state index is 12.7. The number of ketones is 1. The molecule has 0 radical (unpaired) electrons. The molecule has 2 fully saturated rings. The van der Waals surface area contributed by atoms with Crippen molar-refractivity contribution in [2.75, 3.05) is 23.3 Å². The van der Waals surface area contributed by atoms with Crippen molar-refractivity contribution in [3.63, 3.8) is 0 Å². The largest absolute Gasteiger partial charge is 0.364 e. The van der Waals surface area contributed by atoms with Crippen LogP contribution >= 0.6 is 22.9 Å². The number of anilines is 2. The average Bonchev–Trinajstić information content (AvgIpc) is 3.44. The predicted molar refractivity (Wildman–Crippen MR) is 113 cm³/mol. The van der Waals surface area contributed by atoms with Gasteiger partial charge in [0.25, 0.3) is 0 Å². The lowest BCUT2D eigenvalue weighted by atomic mass is 9.90. The molecule has 6 nitrogen and oxygen atoms in total. The first-order chi connectivity index (χ1) is 13.7. The Morgan fingerprint density at radius 2 is 2.00 bits per heavy atom. The smallest absolute Gasteiger partial charge is 0.172 e. The third kappa shape index (κ3) is 3.56. The van der Waals surface area contributed by atoms with Crippen molar-refractivity contribution >= 4 is 51.4 Å². The van der Waals surface area contributed by atoms with Gasteiger partial charge < -0.3 is 10.2 Å². The number of hydrogen-bond acceptors (Lipinski definition) is 7. The minimum Gasteiger partial charge on any atom is -0.364 e. The van der Waals surface area contributed by atoms with Gasteiger partial charge in [-0.1, -0.05) is 11.6 Å². The Morgan fingerprint density at radius 1 is 1.18 bits per heavy atom. The molecule has 28 heavy (non-hydrogen) atoms. The molecule has 5 rings (SSSR count). The lowest BCUT2D eigenvalue weighted by Crippen LogP contribution is -2.37. The highest BCUT2D eigenvalue weighted by molar-refractivity contribution is 7.14. The van der Waals surface area contributed by atoms with Gasteiger partial charge in [0.1, 0.15) is 5.52 Å². The molecule has 3 aromatic rings. The van der Waals surface area contributed by atoms with Crippen LogP contribution in [0, 0.1) is 5.92 Å². The molecule has 8 heteroatoms. The Bertz CT molecular complexity index is 1030. The van der Waals surface area contributed by atoms with Gasteiger partial charge in [-0.3, -0.25) is 9.78 Å². The number of thiophene rings is 1. The van der Waals surface area contributed by atoms with Crippen LogP contribution in [0.4, 0.5) is 11.6 Å². The zero-order chi connectivity index (χ0) is 19.1. The highest BCUT2D eigenvalue weighted by Gasteiger charge is 2.30. The minimum atomic E-state index is 0.0387. The van der Waals surface area contributed by atoms with E-state index in [2.05, 4.69) is 15.2 Å². The first-order valence-corrected chi connectivity index (χ1v) is 10.8. The summed E-state index contributed by atoms with van der Waals surface area (Å²) in [5.41, 5.74) is 2.38. The fraction of sp³-hybridized carbons (Fsp3) is 0.400. The zero-order valence-corrected chi connectivity index (χ0v) is 16.8. The summed E-state index contributed by atoms with van der Waals surface area (Å²) in [5.74, 6) is 1.96. The summed E-state index contributed by atoms with van der Waals surface area (Å²) in [4.78, 5) is 28.8. The molecule has 1 aliphatic heterocycles. The molecule has 0 unspecified atom stereocenters. The van der Waals surface area contributed by atoms with E-state index < -0.39 is 0 Å². The van der Waals surface area contributed by atoms with Gasteiger partial charge in [-0.25, -0.2) is 9.97 Å². The normalized spacial score (nSPS) is 17.8. The topological polar surface area (TPSA) is 71.0 Å². The van der Waals surface area contributed by atoms with Crippen LogP contribution in [-0.2, 0) is 0 Å². The molecule has 1 N–H and O–H groups in total. The van der Waals surface area contributed by atoms with Crippen LogP contribution in [0.3, 0.4) is 0 Å². The molecule has 1 saturated carbocycles. The summed E-state index contributed by atoms with van der Waals surface area (Å²) >= 11 is 7.40. The number of piperidine rings is 1. The van der Waals surface area contributed by atoms with Crippen molar-refractivity contribution in [3.05, 3.63) is 39.8 Å². The third-order valence-corrected chi connectivity index (χ3v) is 6.47. The van der Waals surface area contributed by atoms with Crippen molar-refractivity contribution in [1.82, 2.24) is 15.0 Å². The Labute approximate surface area is 172 Å². The quantitative estimate of drug-likeness (QED) is 0.624. The molecular formula is C20H20ClN5OS. The van der Waals surface area contributed by atoms with Gasteiger partial charge in [-0.15, -0.1) is 11.3 Å². The average molecular weight is 414 g/mol. The monoisotopic (exact) mass is 413 g/mol. The number of carbonyl (C=O) groups is 1. The number of fused-ring (bicyclic) bond motifs is 1. The van der Waals surface area contributed by atoms with Crippen molar-refractivity contribution in [2.45, 2.75) is 31.7 Å². The van der Waals surface area contributed by atoms with E-state index in [-0.39, 0.29) is 11.7 Å². The van der Waals surface area contributed by atoms with E-state index in [4.69, 9.17) is 21.6 Å². The number of aromatic nitrogens is 3. The van der Waals surface area contributed by atoms with E-state index in [0.29, 0.717) is 10.4 Å². The predicted octanol–water partition coefficient (Wildman–Crippen LogP) is 4.41. The lowest BCUT2D eigenvalue weighted by molar-refractivity contribution is 0.0901. The van der Waals surface area contributed by atoms with Gasteiger partial charge in [-0.05, 0) is 37.8 Å². The standard InChI is InChI=1S/C20H20ClN5OS/c21-17-9-13(11-28-17)18(27)12-4-7-26(8-5-12)20-19(23-14-1-2-14)24-15-3-6-22-10-16(15)25-20/h3,6,9-12,14H,1-2,4-5,7-8H2,(H,23,24). The fourth-order valence-electron chi connectivity index (χ4n) is 3.66. The fourth-order valence-corrected chi connectivity index (χ4v) is 4.53. The second-order valence-corrected chi connectivity index (χ2v) is 8.99. The Hall–Kier alpha value is -2.25. The van der Waals surface area contributed by atoms with E-state index in [1.54, 1.807) is 18.5 Å². The molecular weight excluding hydrogens is 394 g/mol. The molecule has 0 bridgehead atoms. The second-order valence-electron chi connectivity index (χ2n) is 7.44. The summed E-state index contributed by atoms with van der Waals surface area (Å²) < 4.78 is 0.664. The van der Waals surface area contributed by atoms with Crippen molar-refractivity contribution in [2.24, 2.45) is 5.92 Å². The summed E-state index contributed by atoms with van der Waals surface area (Å²) in [6.45, 7) is 1.57. The molecule has 1 saturated heterocycles. The van der Waals surface area contributed by atoms with E-state index in [1.807, 2.05) is 11.4 Å². The van der Waals surface area contributed by atoms with Crippen LogP contribution in [0.15, 0.2) is 29.9 Å². The first-order valence-electron chi connectivity index (χ1n) is 9.59. The summed E-state index contributed by atoms with van der Waals surface area (Å²) in [7, 11) is 0. The van der Waals surface area contributed by atoms with Gasteiger partial charge in [0.2, 0.25) is 0 Å². The Balaban J connectivity index is 1.36. The number of nitrogens with one attached hydrogen (secondary N) is 1. The van der Waals surface area contributed by atoms with Crippen LogP contribution in [0.25, 0.3) is 11.0 Å². The van der Waals surface area contributed by atoms with Gasteiger partial charge in [0.15, 0.2) is 17.4 Å². The van der Waals surface area contributed by atoms with E-state index in [0.717, 1.165) is 54.2 Å². The third-order valence-electron chi connectivity index (χ3n) is 5.38. The van der Waals surface area contributed by atoms with Gasteiger partial charge in [-0.2, -0.15) is 0 Å². The molecule has 0 atom stereocenters. The maximum atomic E-state index is 12.7. The molecule has 3 aromatic heterocycles. The number of pyridine rings is 1. The molecule has 4 heterocycles. The number of Topliss-reactive ketones (excluding diaryl/α,β-unsaturated/α-hetero) is 1. The van der Waals surface area contributed by atoms with E-state index >= 15 is 0 Å². The Morgan fingerprint density at radius 3 is 2.71 bits per heavy atom. The molecule has 0 amide bonds. The van der Waals surface area contributed by atoms with Gasteiger partial charge in [0.05, 0.1) is 16.0 Å². The van der Waals surface area contributed by atoms with E-state index in [1.165, 1.54) is 24.2 Å². The summed E-state index contributed by atoms with van der Waals surface area (Å²) in [6.07, 6.45) is 7.46. The van der Waals surface area contributed by atoms with Crippen LogP contribution in [0.2, 0.25) is 4.34 Å².